The summed E-state index contributed by atoms with van der Waals surface area (Å²) in [6.45, 7) is 3.70. The van der Waals surface area contributed by atoms with Crippen molar-refractivity contribution in [2.24, 2.45) is 0 Å². The minimum atomic E-state index is -0.846. The van der Waals surface area contributed by atoms with Gasteiger partial charge in [0.1, 0.15) is 11.4 Å². The normalized spacial score (nSPS) is 21.3. The first-order chi connectivity index (χ1) is 16.2. The zero-order valence-electron chi connectivity index (χ0n) is 18.4. The van der Waals surface area contributed by atoms with Gasteiger partial charge in [0.2, 0.25) is 0 Å². The molecule has 5 rings (SSSR count). The van der Waals surface area contributed by atoms with Crippen molar-refractivity contribution in [3.63, 3.8) is 0 Å². The fraction of sp³-hybridized carbons (Fsp3) is 0.360. The third-order valence-corrected chi connectivity index (χ3v) is 5.86. The number of ether oxygens (including phenoxy) is 3. The lowest BCUT2D eigenvalue weighted by molar-refractivity contribution is -0.290. The number of morpholine rings is 2. The van der Waals surface area contributed by atoms with Crippen molar-refractivity contribution >= 4 is 5.91 Å². The molecule has 1 amide bonds. The van der Waals surface area contributed by atoms with Crippen LogP contribution in [-0.4, -0.2) is 72.7 Å². The second-order valence-corrected chi connectivity index (χ2v) is 8.28. The lowest BCUT2D eigenvalue weighted by Gasteiger charge is -2.47. The number of para-hydroxylation sites is 1. The van der Waals surface area contributed by atoms with Crippen molar-refractivity contribution in [1.29, 1.82) is 0 Å². The molecule has 33 heavy (non-hydrogen) atoms. The highest BCUT2D eigenvalue weighted by Gasteiger charge is 2.43. The second-order valence-electron chi connectivity index (χ2n) is 8.28. The topological polar surface area (TPSA) is 77.3 Å². The van der Waals surface area contributed by atoms with E-state index in [0.29, 0.717) is 45.1 Å². The average Bonchev–Trinajstić information content (AvgIpc) is 3.32. The third kappa shape index (κ3) is 5.24. The van der Waals surface area contributed by atoms with Crippen LogP contribution in [0.2, 0.25) is 0 Å². The van der Waals surface area contributed by atoms with Gasteiger partial charge >= 0.3 is 0 Å². The highest BCUT2D eigenvalue weighted by Crippen LogP contribution is 2.27. The molecule has 3 aromatic rings. The molecular weight excluding hydrogens is 422 g/mol. The van der Waals surface area contributed by atoms with Crippen LogP contribution < -0.4 is 4.74 Å². The van der Waals surface area contributed by atoms with Gasteiger partial charge in [-0.15, -0.1) is 0 Å². The summed E-state index contributed by atoms with van der Waals surface area (Å²) in [5.74, 6) is 0.535. The molecule has 0 aliphatic carbocycles. The van der Waals surface area contributed by atoms with E-state index in [2.05, 4.69) is 10.1 Å². The average molecular weight is 450 g/mol. The molecule has 0 saturated carbocycles. The molecule has 2 saturated heterocycles. The van der Waals surface area contributed by atoms with Gasteiger partial charge in [-0.1, -0.05) is 53.7 Å². The van der Waals surface area contributed by atoms with Crippen LogP contribution in [0.5, 0.6) is 5.75 Å². The van der Waals surface area contributed by atoms with E-state index in [0.717, 1.165) is 23.6 Å². The van der Waals surface area contributed by atoms with Gasteiger partial charge in [-0.3, -0.25) is 9.69 Å². The van der Waals surface area contributed by atoms with E-state index in [1.165, 1.54) is 0 Å². The fourth-order valence-electron chi connectivity index (χ4n) is 4.22. The molecule has 8 heteroatoms. The zero-order valence-corrected chi connectivity index (χ0v) is 18.4. The predicted molar refractivity (Wildman–Crippen MR) is 120 cm³/mol. The van der Waals surface area contributed by atoms with E-state index in [9.17, 15) is 4.79 Å². The largest absolute Gasteiger partial charge is 0.484 e. The summed E-state index contributed by atoms with van der Waals surface area (Å²) >= 11 is 0. The quantitative estimate of drug-likeness (QED) is 0.573. The van der Waals surface area contributed by atoms with Gasteiger partial charge < -0.3 is 23.6 Å². The summed E-state index contributed by atoms with van der Waals surface area (Å²) in [6, 6.07) is 21.3. The molecule has 1 unspecified atom stereocenters. The molecule has 3 heterocycles. The van der Waals surface area contributed by atoms with Gasteiger partial charge in [0.05, 0.1) is 32.8 Å². The maximum Gasteiger partial charge on any atom is 0.260 e. The van der Waals surface area contributed by atoms with Crippen LogP contribution in [0, 0.1) is 0 Å². The standard InChI is InChI=1S/C25H27N3O5/c29-24(17-30-21-9-5-2-6-10-21)28-12-14-32-25(19-28)18-27(11-13-31-25)16-22-15-23(26-33-22)20-7-3-1-4-8-20/h1-10,15H,11-14,16-19H2. The highest BCUT2D eigenvalue weighted by atomic mass is 16.7. The summed E-state index contributed by atoms with van der Waals surface area (Å²) in [5.41, 5.74) is 1.84. The number of benzene rings is 2. The van der Waals surface area contributed by atoms with E-state index < -0.39 is 5.79 Å². The second kappa shape index (κ2) is 9.74. The summed E-state index contributed by atoms with van der Waals surface area (Å²) in [6.07, 6.45) is 0. The number of nitrogens with zero attached hydrogens (tertiary/aromatic N) is 3. The van der Waals surface area contributed by atoms with Crippen LogP contribution in [-0.2, 0) is 20.8 Å². The van der Waals surface area contributed by atoms with Crippen LogP contribution >= 0.6 is 0 Å². The molecule has 2 aliphatic rings. The number of aromatic nitrogens is 1. The molecule has 1 aromatic heterocycles. The van der Waals surface area contributed by atoms with Crippen molar-refractivity contribution in [2.75, 3.05) is 46.0 Å². The number of amides is 1. The molecule has 2 aliphatic heterocycles. The molecule has 2 fully saturated rings. The van der Waals surface area contributed by atoms with Crippen molar-refractivity contribution in [3.05, 3.63) is 72.5 Å². The Bertz CT molecular complexity index is 1050. The molecule has 0 N–H and O–H groups in total. The Kier molecular flexibility index (Phi) is 6.39. The van der Waals surface area contributed by atoms with E-state index in [1.807, 2.05) is 66.7 Å². The monoisotopic (exact) mass is 449 g/mol. The molecule has 1 spiro atoms. The van der Waals surface area contributed by atoms with Gasteiger partial charge in [0.25, 0.3) is 5.91 Å². The summed E-state index contributed by atoms with van der Waals surface area (Å²) in [5, 5.41) is 4.21. The van der Waals surface area contributed by atoms with Gasteiger partial charge in [-0.25, -0.2) is 0 Å². The Balaban J connectivity index is 1.18. The SMILES string of the molecule is O=C(COc1ccccc1)N1CCOC2(CN(Cc3cc(-c4ccccc4)no3)CCO2)C1. The lowest BCUT2D eigenvalue weighted by atomic mass is 10.1. The molecule has 172 valence electrons. The Labute approximate surface area is 192 Å². The highest BCUT2D eigenvalue weighted by molar-refractivity contribution is 5.78. The summed E-state index contributed by atoms with van der Waals surface area (Å²) in [7, 11) is 0. The van der Waals surface area contributed by atoms with Gasteiger partial charge in [-0.2, -0.15) is 0 Å². The van der Waals surface area contributed by atoms with Crippen LogP contribution in [0.1, 0.15) is 5.76 Å². The maximum atomic E-state index is 12.8. The van der Waals surface area contributed by atoms with Gasteiger partial charge in [-0.05, 0) is 12.1 Å². The molecule has 0 radical (unpaired) electrons. The molecule has 0 bridgehead atoms. The number of rotatable bonds is 6. The van der Waals surface area contributed by atoms with Crippen molar-refractivity contribution in [1.82, 2.24) is 15.0 Å². The molecule has 1 atom stereocenters. The van der Waals surface area contributed by atoms with Crippen LogP contribution in [0.3, 0.4) is 0 Å². The van der Waals surface area contributed by atoms with E-state index in [-0.39, 0.29) is 12.5 Å². The first-order valence-corrected chi connectivity index (χ1v) is 11.2. The van der Waals surface area contributed by atoms with E-state index in [1.54, 1.807) is 4.90 Å². The minimum absolute atomic E-state index is 0.00979. The van der Waals surface area contributed by atoms with Crippen LogP contribution in [0.4, 0.5) is 0 Å². The van der Waals surface area contributed by atoms with E-state index in [4.69, 9.17) is 18.7 Å². The first-order valence-electron chi connectivity index (χ1n) is 11.2. The number of carbonyl (C=O) groups excluding carboxylic acids is 1. The third-order valence-electron chi connectivity index (χ3n) is 5.86. The first kappa shape index (κ1) is 21.6. The van der Waals surface area contributed by atoms with Crippen molar-refractivity contribution in [2.45, 2.75) is 12.3 Å². The Morgan fingerprint density at radius 2 is 1.70 bits per heavy atom. The molecule has 8 nitrogen and oxygen atoms in total. The smallest absolute Gasteiger partial charge is 0.260 e. The fourth-order valence-corrected chi connectivity index (χ4v) is 4.22. The van der Waals surface area contributed by atoms with Crippen LogP contribution in [0.15, 0.2) is 71.3 Å². The Morgan fingerprint density at radius 3 is 2.48 bits per heavy atom. The minimum Gasteiger partial charge on any atom is -0.484 e. The van der Waals surface area contributed by atoms with E-state index >= 15 is 0 Å². The number of hydrogen-bond acceptors (Lipinski definition) is 7. The summed E-state index contributed by atoms with van der Waals surface area (Å²) in [4.78, 5) is 16.7. The van der Waals surface area contributed by atoms with Crippen LogP contribution in [0.25, 0.3) is 11.3 Å². The van der Waals surface area contributed by atoms with Gasteiger partial charge in [0, 0.05) is 24.7 Å². The predicted octanol–water partition coefficient (Wildman–Crippen LogP) is 2.81. The van der Waals surface area contributed by atoms with Crippen molar-refractivity contribution < 1.29 is 23.5 Å². The van der Waals surface area contributed by atoms with Crippen molar-refractivity contribution in [3.8, 4) is 17.0 Å². The molecular formula is C25H27N3O5. The summed E-state index contributed by atoms with van der Waals surface area (Å²) < 4.78 is 23.3. The van der Waals surface area contributed by atoms with Gasteiger partial charge in [0.15, 0.2) is 18.2 Å². The maximum absolute atomic E-state index is 12.8. The Morgan fingerprint density at radius 1 is 0.970 bits per heavy atom. The lowest BCUT2D eigenvalue weighted by Crippen LogP contribution is -2.63. The molecule has 2 aromatic carbocycles. The number of hydrogen-bond donors (Lipinski definition) is 0. The zero-order chi connectivity index (χ0) is 22.5. The Hall–Kier alpha value is -3.20. The number of carbonyl (C=O) groups is 1.